The Bertz CT molecular complexity index is 738. The maximum atomic E-state index is 12.5. The second-order valence-corrected chi connectivity index (χ2v) is 9.60. The van der Waals surface area contributed by atoms with Crippen LogP contribution in [0.4, 0.5) is 4.79 Å². The van der Waals surface area contributed by atoms with Gasteiger partial charge in [-0.25, -0.2) is 23.2 Å². The number of halogens is 1. The van der Waals surface area contributed by atoms with Crippen LogP contribution >= 0.6 is 11.6 Å². The fraction of sp³-hybridized carbons (Fsp3) is 0.688. The molecule has 140 valence electrons. The van der Waals surface area contributed by atoms with Crippen molar-refractivity contribution in [1.29, 1.82) is 0 Å². The molecule has 1 aromatic heterocycles. The lowest BCUT2D eigenvalue weighted by atomic mass is 9.99. The zero-order valence-electron chi connectivity index (χ0n) is 15.0. The van der Waals surface area contributed by atoms with Gasteiger partial charge in [-0.05, 0) is 46.5 Å². The van der Waals surface area contributed by atoms with Gasteiger partial charge in [0.15, 0.2) is 0 Å². The molecule has 0 spiro atoms. The third-order valence-corrected chi connectivity index (χ3v) is 5.93. The van der Waals surface area contributed by atoms with E-state index in [0.717, 1.165) is 0 Å². The minimum atomic E-state index is -3.61. The van der Waals surface area contributed by atoms with Gasteiger partial charge >= 0.3 is 6.09 Å². The molecule has 2 rings (SSSR count). The molecule has 0 N–H and O–H groups in total. The van der Waals surface area contributed by atoms with Crippen molar-refractivity contribution < 1.29 is 17.9 Å². The van der Waals surface area contributed by atoms with Gasteiger partial charge in [-0.1, -0.05) is 11.6 Å². The van der Waals surface area contributed by atoms with Gasteiger partial charge < -0.3 is 9.64 Å². The van der Waals surface area contributed by atoms with Crippen LogP contribution < -0.4 is 0 Å². The molecule has 0 bridgehead atoms. The molecule has 1 aliphatic rings. The van der Waals surface area contributed by atoms with Crippen LogP contribution in [0, 0.1) is 12.8 Å². The maximum absolute atomic E-state index is 12.5. The summed E-state index contributed by atoms with van der Waals surface area (Å²) in [7, 11) is -3.61. The fourth-order valence-corrected chi connectivity index (χ4v) is 4.28. The van der Waals surface area contributed by atoms with E-state index in [2.05, 4.69) is 9.97 Å². The van der Waals surface area contributed by atoms with Gasteiger partial charge in [0.25, 0.3) is 0 Å². The van der Waals surface area contributed by atoms with E-state index in [0.29, 0.717) is 31.5 Å². The zero-order valence-corrected chi connectivity index (χ0v) is 16.5. The summed E-state index contributed by atoms with van der Waals surface area (Å²) in [5, 5.41) is -0.0917. The number of ether oxygens (including phenoxy) is 1. The Hall–Kier alpha value is -1.41. The number of aryl methyl sites for hydroxylation is 1. The fourth-order valence-electron chi connectivity index (χ4n) is 2.55. The van der Waals surface area contributed by atoms with Gasteiger partial charge in [0.2, 0.25) is 15.0 Å². The van der Waals surface area contributed by atoms with Crippen molar-refractivity contribution in [2.75, 3.05) is 18.8 Å². The molecule has 9 heteroatoms. The lowest BCUT2D eigenvalue weighted by Gasteiger charge is -2.33. The van der Waals surface area contributed by atoms with Crippen molar-refractivity contribution >= 4 is 27.5 Å². The van der Waals surface area contributed by atoms with Crippen LogP contribution in [0.1, 0.15) is 39.2 Å². The average molecular weight is 390 g/mol. The number of piperidine rings is 1. The molecular weight excluding hydrogens is 366 g/mol. The third-order valence-electron chi connectivity index (χ3n) is 3.89. The van der Waals surface area contributed by atoms with Gasteiger partial charge in [0.1, 0.15) is 10.8 Å². The van der Waals surface area contributed by atoms with Gasteiger partial charge in [-0.3, -0.25) is 0 Å². The predicted octanol–water partition coefficient (Wildman–Crippen LogP) is 2.86. The van der Waals surface area contributed by atoms with Crippen molar-refractivity contribution in [1.82, 2.24) is 14.9 Å². The molecular formula is C16H24ClN3O4S. The van der Waals surface area contributed by atoms with E-state index in [-0.39, 0.29) is 28.1 Å². The molecule has 1 saturated heterocycles. The Balaban J connectivity index is 1.95. The number of hydrogen-bond acceptors (Lipinski definition) is 6. The molecule has 0 aliphatic carbocycles. The van der Waals surface area contributed by atoms with E-state index in [4.69, 9.17) is 16.3 Å². The highest BCUT2D eigenvalue weighted by Crippen LogP contribution is 2.23. The normalized spacial score (nSPS) is 16.8. The number of sulfone groups is 1. The van der Waals surface area contributed by atoms with E-state index >= 15 is 0 Å². The number of amides is 1. The monoisotopic (exact) mass is 389 g/mol. The molecule has 2 heterocycles. The molecule has 1 aromatic rings. The van der Waals surface area contributed by atoms with E-state index < -0.39 is 15.4 Å². The zero-order chi connectivity index (χ0) is 18.8. The SMILES string of the molecule is Cc1cnc(S(=O)(=O)CC2CCN(C(=O)OC(C)(C)C)CC2)nc1Cl. The molecule has 25 heavy (non-hydrogen) atoms. The maximum Gasteiger partial charge on any atom is 0.410 e. The Kier molecular flexibility index (Phi) is 5.93. The van der Waals surface area contributed by atoms with Gasteiger partial charge in [0.05, 0.1) is 5.75 Å². The molecule has 7 nitrogen and oxygen atoms in total. The first kappa shape index (κ1) is 19.9. The topological polar surface area (TPSA) is 89.5 Å². The van der Waals surface area contributed by atoms with Crippen molar-refractivity contribution in [2.24, 2.45) is 5.92 Å². The number of nitrogens with zero attached hydrogens (tertiary/aromatic N) is 3. The summed E-state index contributed by atoms with van der Waals surface area (Å²) in [6.45, 7) is 8.12. The Morgan fingerprint density at radius 1 is 1.36 bits per heavy atom. The summed E-state index contributed by atoms with van der Waals surface area (Å²) >= 11 is 5.90. The van der Waals surface area contributed by atoms with E-state index in [9.17, 15) is 13.2 Å². The molecule has 0 aromatic carbocycles. The largest absolute Gasteiger partial charge is 0.444 e. The van der Waals surface area contributed by atoms with Gasteiger partial charge in [0, 0.05) is 24.8 Å². The first-order valence-electron chi connectivity index (χ1n) is 8.18. The van der Waals surface area contributed by atoms with Crippen LogP contribution in [0.2, 0.25) is 5.15 Å². The number of hydrogen-bond donors (Lipinski definition) is 0. The first-order chi connectivity index (χ1) is 11.5. The van der Waals surface area contributed by atoms with Crippen molar-refractivity contribution in [3.63, 3.8) is 0 Å². The summed E-state index contributed by atoms with van der Waals surface area (Å²) < 4.78 is 30.3. The van der Waals surface area contributed by atoms with Crippen LogP contribution in [0.5, 0.6) is 0 Å². The molecule has 0 atom stereocenters. The second-order valence-electron chi connectivity index (χ2n) is 7.32. The summed E-state index contributed by atoms with van der Waals surface area (Å²) in [6, 6.07) is 0. The summed E-state index contributed by atoms with van der Waals surface area (Å²) in [4.78, 5) is 21.4. The van der Waals surface area contributed by atoms with E-state index in [1.807, 2.05) is 20.8 Å². The molecule has 0 unspecified atom stereocenters. The smallest absolute Gasteiger partial charge is 0.410 e. The number of rotatable bonds is 3. The van der Waals surface area contributed by atoms with Crippen molar-refractivity contribution in [3.8, 4) is 0 Å². The summed E-state index contributed by atoms with van der Waals surface area (Å²) in [5.74, 6) is -0.0958. The standard InChI is InChI=1S/C16H24ClN3O4S/c1-11-9-18-14(19-13(11)17)25(22,23)10-12-5-7-20(8-6-12)15(21)24-16(2,3)4/h9,12H,5-8,10H2,1-4H3. The van der Waals surface area contributed by atoms with Crippen LogP contribution in [-0.4, -0.2) is 53.8 Å². The first-order valence-corrected chi connectivity index (χ1v) is 10.2. The van der Waals surface area contributed by atoms with Crippen LogP contribution in [0.25, 0.3) is 0 Å². The average Bonchev–Trinajstić information content (AvgIpc) is 2.48. The van der Waals surface area contributed by atoms with Crippen molar-refractivity contribution in [2.45, 2.75) is 51.3 Å². The summed E-state index contributed by atoms with van der Waals surface area (Å²) in [6.07, 6.45) is 2.24. The van der Waals surface area contributed by atoms with Crippen molar-refractivity contribution in [3.05, 3.63) is 16.9 Å². The van der Waals surface area contributed by atoms with Crippen LogP contribution in [-0.2, 0) is 14.6 Å². The molecule has 0 radical (unpaired) electrons. The van der Waals surface area contributed by atoms with Gasteiger partial charge in [-0.15, -0.1) is 0 Å². The molecule has 1 amide bonds. The minimum absolute atomic E-state index is 0.0471. The number of likely N-dealkylation sites (tertiary alicyclic amines) is 1. The molecule has 0 saturated carbocycles. The molecule has 1 fully saturated rings. The van der Waals surface area contributed by atoms with Crippen LogP contribution in [0.3, 0.4) is 0 Å². The summed E-state index contributed by atoms with van der Waals surface area (Å²) in [5.41, 5.74) is 0.0885. The highest BCUT2D eigenvalue weighted by molar-refractivity contribution is 7.91. The predicted molar refractivity (Wildman–Crippen MR) is 94.4 cm³/mol. The second kappa shape index (κ2) is 7.45. The highest BCUT2D eigenvalue weighted by atomic mass is 35.5. The third kappa shape index (κ3) is 5.54. The number of carbonyl (C=O) groups excluding carboxylic acids is 1. The van der Waals surface area contributed by atoms with Gasteiger partial charge in [-0.2, -0.15) is 0 Å². The highest BCUT2D eigenvalue weighted by Gasteiger charge is 2.30. The lowest BCUT2D eigenvalue weighted by Crippen LogP contribution is -2.42. The Morgan fingerprint density at radius 2 is 1.96 bits per heavy atom. The molecule has 1 aliphatic heterocycles. The number of carbonyl (C=O) groups is 1. The minimum Gasteiger partial charge on any atom is -0.444 e. The van der Waals surface area contributed by atoms with E-state index in [1.54, 1.807) is 11.8 Å². The quantitative estimate of drug-likeness (QED) is 0.583. The Morgan fingerprint density at radius 3 is 2.48 bits per heavy atom. The van der Waals surface area contributed by atoms with Crippen LogP contribution in [0.15, 0.2) is 11.4 Å². The van der Waals surface area contributed by atoms with E-state index in [1.165, 1.54) is 6.20 Å². The lowest BCUT2D eigenvalue weighted by molar-refractivity contribution is 0.0191. The Labute approximate surface area is 153 Å². The number of aromatic nitrogens is 2.